The molecule has 4 nitrogen and oxygen atoms in total. The van der Waals surface area contributed by atoms with E-state index >= 15 is 0 Å². The van der Waals surface area contributed by atoms with Crippen molar-refractivity contribution in [2.75, 3.05) is 20.3 Å². The van der Waals surface area contributed by atoms with Crippen molar-refractivity contribution in [3.63, 3.8) is 0 Å². The van der Waals surface area contributed by atoms with Crippen molar-refractivity contribution in [3.8, 4) is 5.69 Å². The van der Waals surface area contributed by atoms with Crippen molar-refractivity contribution in [1.29, 1.82) is 0 Å². The summed E-state index contributed by atoms with van der Waals surface area (Å²) in [5, 5.41) is 7.64. The summed E-state index contributed by atoms with van der Waals surface area (Å²) in [7, 11) is 1.71. The Morgan fingerprint density at radius 3 is 2.89 bits per heavy atom. The number of ether oxygens (including phenoxy) is 1. The molecule has 1 aromatic carbocycles. The third kappa shape index (κ3) is 3.89. The zero-order chi connectivity index (χ0) is 13.7. The van der Waals surface area contributed by atoms with E-state index in [2.05, 4.69) is 44.5 Å². The van der Waals surface area contributed by atoms with Gasteiger partial charge in [-0.3, -0.25) is 0 Å². The summed E-state index contributed by atoms with van der Waals surface area (Å²) in [6.07, 6.45) is 3.87. The van der Waals surface area contributed by atoms with Crippen LogP contribution >= 0.6 is 15.9 Å². The van der Waals surface area contributed by atoms with E-state index in [0.717, 1.165) is 35.4 Å². The highest BCUT2D eigenvalue weighted by Gasteiger charge is 2.03. The predicted molar refractivity (Wildman–Crippen MR) is 79.6 cm³/mol. The second kappa shape index (κ2) is 6.84. The molecule has 0 saturated heterocycles. The van der Waals surface area contributed by atoms with Gasteiger partial charge in [0.25, 0.3) is 0 Å². The Balaban J connectivity index is 2.04. The van der Waals surface area contributed by atoms with Gasteiger partial charge in [-0.2, -0.15) is 5.10 Å². The largest absolute Gasteiger partial charge is 0.383 e. The standard InChI is InChI=1S/C14H18BrN3O/c1-11-8-17-18(10-11)13-4-3-12(14(15)7-13)9-16-5-6-19-2/h3-4,7-8,10,16H,5-6,9H2,1-2H3. The first-order valence-corrected chi connectivity index (χ1v) is 6.99. The van der Waals surface area contributed by atoms with E-state index in [-0.39, 0.29) is 0 Å². The molecule has 1 heterocycles. The maximum Gasteiger partial charge on any atom is 0.0657 e. The molecule has 2 aromatic rings. The normalized spacial score (nSPS) is 10.9. The molecule has 0 saturated carbocycles. The Morgan fingerprint density at radius 1 is 1.42 bits per heavy atom. The minimum Gasteiger partial charge on any atom is -0.383 e. The summed E-state index contributed by atoms with van der Waals surface area (Å²) in [5.74, 6) is 0. The molecule has 0 unspecified atom stereocenters. The highest BCUT2D eigenvalue weighted by atomic mass is 79.9. The number of hydrogen-bond donors (Lipinski definition) is 1. The topological polar surface area (TPSA) is 39.1 Å². The molecule has 0 atom stereocenters. The van der Waals surface area contributed by atoms with Gasteiger partial charge in [-0.15, -0.1) is 0 Å². The number of halogens is 1. The van der Waals surface area contributed by atoms with Crippen molar-refractivity contribution < 1.29 is 4.74 Å². The molecular weight excluding hydrogens is 306 g/mol. The van der Waals surface area contributed by atoms with Gasteiger partial charge in [0.1, 0.15) is 0 Å². The van der Waals surface area contributed by atoms with Gasteiger partial charge in [0, 0.05) is 30.9 Å². The molecule has 2 rings (SSSR count). The van der Waals surface area contributed by atoms with Crippen LogP contribution in [0.15, 0.2) is 35.1 Å². The van der Waals surface area contributed by atoms with E-state index in [1.807, 2.05) is 24.0 Å². The highest BCUT2D eigenvalue weighted by Crippen LogP contribution is 2.20. The van der Waals surface area contributed by atoms with Gasteiger partial charge < -0.3 is 10.1 Å². The van der Waals surface area contributed by atoms with E-state index in [0.29, 0.717) is 0 Å². The molecule has 0 fully saturated rings. The lowest BCUT2D eigenvalue weighted by molar-refractivity contribution is 0.199. The summed E-state index contributed by atoms with van der Waals surface area (Å²) in [4.78, 5) is 0. The van der Waals surface area contributed by atoms with Crippen LogP contribution in [0.4, 0.5) is 0 Å². The lowest BCUT2D eigenvalue weighted by Crippen LogP contribution is -2.18. The van der Waals surface area contributed by atoms with Crippen molar-refractivity contribution >= 4 is 15.9 Å². The Hall–Kier alpha value is -1.17. The van der Waals surface area contributed by atoms with Gasteiger partial charge in [0.2, 0.25) is 0 Å². The molecule has 19 heavy (non-hydrogen) atoms. The van der Waals surface area contributed by atoms with E-state index in [1.165, 1.54) is 5.56 Å². The number of rotatable bonds is 6. The average molecular weight is 324 g/mol. The van der Waals surface area contributed by atoms with Crippen molar-refractivity contribution in [3.05, 3.63) is 46.2 Å². The quantitative estimate of drug-likeness (QED) is 0.831. The Labute approximate surface area is 121 Å². The number of aryl methyl sites for hydroxylation is 1. The second-order valence-corrected chi connectivity index (χ2v) is 5.26. The smallest absolute Gasteiger partial charge is 0.0657 e. The zero-order valence-electron chi connectivity index (χ0n) is 11.2. The molecule has 0 spiro atoms. The fourth-order valence-electron chi connectivity index (χ4n) is 1.77. The van der Waals surface area contributed by atoms with E-state index < -0.39 is 0 Å². The van der Waals surface area contributed by atoms with Crippen LogP contribution in [-0.4, -0.2) is 30.0 Å². The molecular formula is C14H18BrN3O. The number of nitrogens with one attached hydrogen (secondary N) is 1. The number of hydrogen-bond acceptors (Lipinski definition) is 3. The molecule has 102 valence electrons. The van der Waals surface area contributed by atoms with Crippen molar-refractivity contribution in [1.82, 2.24) is 15.1 Å². The summed E-state index contributed by atoms with van der Waals surface area (Å²) in [6, 6.07) is 6.26. The van der Waals surface area contributed by atoms with Gasteiger partial charge in [-0.1, -0.05) is 22.0 Å². The summed E-state index contributed by atoms with van der Waals surface area (Å²) in [5.41, 5.74) is 3.44. The molecule has 5 heteroatoms. The van der Waals surface area contributed by atoms with Crippen LogP contribution in [0.25, 0.3) is 5.69 Å². The average Bonchev–Trinajstić information content (AvgIpc) is 2.83. The lowest BCUT2D eigenvalue weighted by Gasteiger charge is -2.09. The first-order valence-electron chi connectivity index (χ1n) is 6.20. The Kier molecular flexibility index (Phi) is 5.13. The Morgan fingerprint density at radius 2 is 2.26 bits per heavy atom. The first-order chi connectivity index (χ1) is 9.20. The van der Waals surface area contributed by atoms with Crippen LogP contribution in [0.1, 0.15) is 11.1 Å². The fourth-order valence-corrected chi connectivity index (χ4v) is 2.28. The van der Waals surface area contributed by atoms with Crippen LogP contribution in [-0.2, 0) is 11.3 Å². The number of nitrogens with zero attached hydrogens (tertiary/aromatic N) is 2. The maximum absolute atomic E-state index is 5.00. The monoisotopic (exact) mass is 323 g/mol. The second-order valence-electron chi connectivity index (χ2n) is 4.41. The molecule has 0 aliphatic carbocycles. The van der Waals surface area contributed by atoms with Crippen LogP contribution in [0, 0.1) is 6.92 Å². The molecule has 1 aromatic heterocycles. The first kappa shape index (κ1) is 14.2. The third-order valence-corrected chi connectivity index (χ3v) is 3.55. The molecule has 0 aliphatic heterocycles. The van der Waals surface area contributed by atoms with Crippen LogP contribution in [0.2, 0.25) is 0 Å². The minimum absolute atomic E-state index is 0.724. The fraction of sp³-hybridized carbons (Fsp3) is 0.357. The molecule has 0 aliphatic rings. The molecule has 1 N–H and O–H groups in total. The third-order valence-electron chi connectivity index (χ3n) is 2.81. The summed E-state index contributed by atoms with van der Waals surface area (Å²) in [6.45, 7) is 4.43. The summed E-state index contributed by atoms with van der Waals surface area (Å²) >= 11 is 3.61. The maximum atomic E-state index is 5.00. The molecule has 0 radical (unpaired) electrons. The Bertz CT molecular complexity index is 539. The van der Waals surface area contributed by atoms with Gasteiger partial charge in [-0.05, 0) is 30.2 Å². The number of aromatic nitrogens is 2. The van der Waals surface area contributed by atoms with Crippen LogP contribution in [0.5, 0.6) is 0 Å². The van der Waals surface area contributed by atoms with Gasteiger partial charge in [0.05, 0.1) is 18.5 Å². The zero-order valence-corrected chi connectivity index (χ0v) is 12.8. The van der Waals surface area contributed by atoms with Crippen molar-refractivity contribution in [2.45, 2.75) is 13.5 Å². The van der Waals surface area contributed by atoms with E-state index in [1.54, 1.807) is 7.11 Å². The SMILES string of the molecule is COCCNCc1ccc(-n2cc(C)cn2)cc1Br. The number of benzene rings is 1. The lowest BCUT2D eigenvalue weighted by atomic mass is 10.2. The van der Waals surface area contributed by atoms with Gasteiger partial charge >= 0.3 is 0 Å². The minimum atomic E-state index is 0.724. The summed E-state index contributed by atoms with van der Waals surface area (Å²) < 4.78 is 7.97. The highest BCUT2D eigenvalue weighted by molar-refractivity contribution is 9.10. The molecule has 0 bridgehead atoms. The van der Waals surface area contributed by atoms with E-state index in [4.69, 9.17) is 4.74 Å². The van der Waals surface area contributed by atoms with Crippen LogP contribution in [0.3, 0.4) is 0 Å². The van der Waals surface area contributed by atoms with Gasteiger partial charge in [-0.25, -0.2) is 4.68 Å². The predicted octanol–water partition coefficient (Wildman–Crippen LogP) is 2.68. The van der Waals surface area contributed by atoms with Crippen molar-refractivity contribution in [2.24, 2.45) is 0 Å². The molecule has 0 amide bonds. The van der Waals surface area contributed by atoms with Crippen LogP contribution < -0.4 is 5.32 Å². The van der Waals surface area contributed by atoms with Gasteiger partial charge in [0.15, 0.2) is 0 Å². The number of methoxy groups -OCH3 is 1. The van der Waals surface area contributed by atoms with E-state index in [9.17, 15) is 0 Å².